The van der Waals surface area contributed by atoms with Gasteiger partial charge in [-0.05, 0) is 41.5 Å². The van der Waals surface area contributed by atoms with Crippen molar-refractivity contribution < 1.29 is 28.7 Å². The van der Waals surface area contributed by atoms with E-state index in [1.54, 1.807) is 41.5 Å². The summed E-state index contributed by atoms with van der Waals surface area (Å²) in [5, 5.41) is 0. The second-order valence-electron chi connectivity index (χ2n) is 8.30. The Morgan fingerprint density at radius 2 is 1.08 bits per heavy atom. The monoisotopic (exact) mass is 370 g/mol. The van der Waals surface area contributed by atoms with E-state index in [0.717, 1.165) is 0 Å². The van der Waals surface area contributed by atoms with Gasteiger partial charge < -0.3 is 19.3 Å². The van der Waals surface area contributed by atoms with Crippen molar-refractivity contribution in [3.05, 3.63) is 0 Å². The van der Waals surface area contributed by atoms with Gasteiger partial charge in [-0.3, -0.25) is 19.2 Å². The maximum atomic E-state index is 12.3. The molecular formula is C18H30N2O6. The Morgan fingerprint density at radius 3 is 1.35 bits per heavy atom. The van der Waals surface area contributed by atoms with Crippen LogP contribution in [0.5, 0.6) is 0 Å². The molecule has 1 heterocycles. The van der Waals surface area contributed by atoms with Crippen LogP contribution in [0.15, 0.2) is 0 Å². The highest BCUT2D eigenvalue weighted by Gasteiger charge is 2.28. The van der Waals surface area contributed by atoms with Crippen LogP contribution in [-0.4, -0.2) is 70.9 Å². The van der Waals surface area contributed by atoms with Crippen molar-refractivity contribution in [2.75, 3.05) is 26.2 Å². The first-order valence-electron chi connectivity index (χ1n) is 8.76. The van der Waals surface area contributed by atoms with Crippen molar-refractivity contribution >= 4 is 23.8 Å². The van der Waals surface area contributed by atoms with Gasteiger partial charge in [0.05, 0.1) is 0 Å². The van der Waals surface area contributed by atoms with Crippen molar-refractivity contribution in [3.8, 4) is 0 Å². The van der Waals surface area contributed by atoms with Crippen LogP contribution in [0.1, 0.15) is 54.4 Å². The normalized spacial score (nSPS) is 16.8. The largest absolute Gasteiger partial charge is 0.459 e. The zero-order chi connectivity index (χ0) is 20.1. The van der Waals surface area contributed by atoms with Gasteiger partial charge in [0.1, 0.15) is 24.3 Å². The van der Waals surface area contributed by atoms with Gasteiger partial charge in [-0.15, -0.1) is 0 Å². The molecule has 8 nitrogen and oxygen atoms in total. The summed E-state index contributed by atoms with van der Waals surface area (Å²) in [4.78, 5) is 51.1. The first-order chi connectivity index (χ1) is 11.8. The molecule has 1 rings (SSSR count). The number of rotatable bonds is 4. The van der Waals surface area contributed by atoms with Crippen molar-refractivity contribution in [2.24, 2.45) is 0 Å². The van der Waals surface area contributed by atoms with Gasteiger partial charge in [-0.25, -0.2) is 0 Å². The average Bonchev–Trinajstić information content (AvgIpc) is 2.42. The van der Waals surface area contributed by atoms with Crippen LogP contribution in [0.2, 0.25) is 0 Å². The van der Waals surface area contributed by atoms with E-state index in [9.17, 15) is 19.2 Å². The summed E-state index contributed by atoms with van der Waals surface area (Å²) in [5.74, 6) is -1.52. The van der Waals surface area contributed by atoms with Gasteiger partial charge in [-0.1, -0.05) is 0 Å². The number of nitrogens with zero attached hydrogens (tertiary/aromatic N) is 2. The third kappa shape index (κ3) is 8.31. The first kappa shape index (κ1) is 21.9. The SMILES string of the molecule is CC(C)(C)OC(=O)CN1CCC(=O)N(CC(=O)OC(C)(C)C)CCC1=O. The predicted molar refractivity (Wildman–Crippen MR) is 94.1 cm³/mol. The van der Waals surface area contributed by atoms with E-state index in [0.29, 0.717) is 0 Å². The van der Waals surface area contributed by atoms with E-state index in [2.05, 4.69) is 0 Å². The Hall–Kier alpha value is -2.12. The standard InChI is InChI=1S/C18H30N2O6/c1-17(2,3)25-15(23)11-19-9-7-14(22)20(10-8-13(19)21)12-16(24)26-18(4,5)6/h7-12H2,1-6H3. The molecule has 0 spiro atoms. The van der Waals surface area contributed by atoms with Crippen molar-refractivity contribution in [2.45, 2.75) is 65.6 Å². The Morgan fingerprint density at radius 1 is 0.769 bits per heavy atom. The molecule has 1 saturated heterocycles. The minimum absolute atomic E-state index is 0.0390. The quantitative estimate of drug-likeness (QED) is 0.689. The second-order valence-corrected chi connectivity index (χ2v) is 8.30. The predicted octanol–water partition coefficient (Wildman–Crippen LogP) is 1.12. The molecule has 0 radical (unpaired) electrons. The van der Waals surface area contributed by atoms with Crippen LogP contribution in [-0.2, 0) is 28.7 Å². The lowest BCUT2D eigenvalue weighted by molar-refractivity contribution is -0.161. The Kier molecular flexibility index (Phi) is 7.17. The highest BCUT2D eigenvalue weighted by atomic mass is 16.6. The summed E-state index contributed by atoms with van der Waals surface area (Å²) in [6, 6.07) is 0. The fourth-order valence-corrected chi connectivity index (χ4v) is 2.42. The molecule has 0 atom stereocenters. The molecule has 0 aromatic heterocycles. The van der Waals surface area contributed by atoms with Crippen LogP contribution < -0.4 is 0 Å². The number of carbonyl (C=O) groups excluding carboxylic acids is 4. The van der Waals surface area contributed by atoms with Gasteiger partial charge in [0.15, 0.2) is 0 Å². The zero-order valence-corrected chi connectivity index (χ0v) is 16.6. The lowest BCUT2D eigenvalue weighted by Gasteiger charge is -2.30. The lowest BCUT2D eigenvalue weighted by atomic mass is 10.2. The van der Waals surface area contributed by atoms with E-state index in [-0.39, 0.29) is 50.8 Å². The summed E-state index contributed by atoms with van der Waals surface area (Å²) < 4.78 is 10.4. The molecule has 1 fully saturated rings. The molecule has 26 heavy (non-hydrogen) atoms. The van der Waals surface area contributed by atoms with Gasteiger partial charge in [0.25, 0.3) is 0 Å². The highest BCUT2D eigenvalue weighted by molar-refractivity contribution is 5.86. The Bertz CT molecular complexity index is 509. The fraction of sp³-hybridized carbons (Fsp3) is 0.778. The molecule has 0 aromatic rings. The summed E-state index contributed by atoms with van der Waals surface area (Å²) in [6.45, 7) is 10.3. The summed E-state index contributed by atoms with van der Waals surface area (Å²) in [5.41, 5.74) is -1.27. The third-order valence-electron chi connectivity index (χ3n) is 3.38. The maximum absolute atomic E-state index is 12.3. The van der Waals surface area contributed by atoms with Gasteiger partial charge in [0, 0.05) is 25.9 Å². The smallest absolute Gasteiger partial charge is 0.326 e. The second kappa shape index (κ2) is 8.51. The fourth-order valence-electron chi connectivity index (χ4n) is 2.42. The Labute approximate surface area is 154 Å². The molecule has 8 heteroatoms. The van der Waals surface area contributed by atoms with Gasteiger partial charge in [-0.2, -0.15) is 0 Å². The van der Waals surface area contributed by atoms with E-state index in [1.165, 1.54) is 9.80 Å². The minimum Gasteiger partial charge on any atom is -0.459 e. The molecule has 2 amide bonds. The molecule has 0 N–H and O–H groups in total. The number of hydrogen-bond acceptors (Lipinski definition) is 6. The number of ether oxygens (including phenoxy) is 2. The number of carbonyl (C=O) groups is 4. The molecule has 0 aliphatic carbocycles. The summed E-state index contributed by atoms with van der Waals surface area (Å²) in [7, 11) is 0. The average molecular weight is 370 g/mol. The first-order valence-corrected chi connectivity index (χ1v) is 8.76. The number of hydrogen-bond donors (Lipinski definition) is 0. The van der Waals surface area contributed by atoms with E-state index >= 15 is 0 Å². The molecule has 1 aliphatic heterocycles. The molecule has 0 saturated carbocycles. The summed E-state index contributed by atoms with van der Waals surface area (Å²) in [6.07, 6.45) is 0.0780. The van der Waals surface area contributed by atoms with Crippen LogP contribution in [0.4, 0.5) is 0 Å². The van der Waals surface area contributed by atoms with Gasteiger partial charge >= 0.3 is 11.9 Å². The van der Waals surface area contributed by atoms with E-state index in [1.807, 2.05) is 0 Å². The van der Waals surface area contributed by atoms with Gasteiger partial charge in [0.2, 0.25) is 11.8 Å². The molecule has 0 aromatic carbocycles. The van der Waals surface area contributed by atoms with E-state index in [4.69, 9.17) is 9.47 Å². The zero-order valence-electron chi connectivity index (χ0n) is 16.6. The molecule has 0 bridgehead atoms. The molecular weight excluding hydrogens is 340 g/mol. The van der Waals surface area contributed by atoms with Crippen LogP contribution in [0.25, 0.3) is 0 Å². The minimum atomic E-state index is -0.636. The molecule has 0 unspecified atom stereocenters. The molecule has 148 valence electrons. The van der Waals surface area contributed by atoms with Crippen LogP contribution in [0.3, 0.4) is 0 Å². The number of amides is 2. The third-order valence-corrected chi connectivity index (χ3v) is 3.38. The highest BCUT2D eigenvalue weighted by Crippen LogP contribution is 2.12. The number of esters is 2. The maximum Gasteiger partial charge on any atom is 0.326 e. The van der Waals surface area contributed by atoms with Crippen molar-refractivity contribution in [3.63, 3.8) is 0 Å². The van der Waals surface area contributed by atoms with Crippen molar-refractivity contribution in [1.29, 1.82) is 0 Å². The Balaban J connectivity index is 2.62. The van der Waals surface area contributed by atoms with Crippen LogP contribution >= 0.6 is 0 Å². The van der Waals surface area contributed by atoms with Crippen LogP contribution in [0, 0.1) is 0 Å². The topological polar surface area (TPSA) is 93.2 Å². The van der Waals surface area contributed by atoms with Crippen molar-refractivity contribution in [1.82, 2.24) is 9.80 Å². The van der Waals surface area contributed by atoms with E-state index < -0.39 is 23.1 Å². The lowest BCUT2D eigenvalue weighted by Crippen LogP contribution is -2.47. The summed E-state index contributed by atoms with van der Waals surface area (Å²) >= 11 is 0. The molecule has 1 aliphatic rings.